The standard InChI is InChI=1S/C11H14Cl2FNO2S/c1-3-11(2,7-12)15-18(16,17)10-6-8(14)4-5-9(10)13/h4-6,15H,3,7H2,1-2H3. The first-order valence-electron chi connectivity index (χ1n) is 5.29. The number of sulfonamides is 1. The third-order valence-electron chi connectivity index (χ3n) is 2.64. The monoisotopic (exact) mass is 313 g/mol. The molecule has 3 nitrogen and oxygen atoms in total. The normalized spacial score (nSPS) is 15.4. The molecule has 18 heavy (non-hydrogen) atoms. The molecule has 1 unspecified atom stereocenters. The van der Waals surface area contributed by atoms with Crippen LogP contribution in [-0.4, -0.2) is 19.8 Å². The van der Waals surface area contributed by atoms with Crippen LogP contribution in [0.15, 0.2) is 23.1 Å². The summed E-state index contributed by atoms with van der Waals surface area (Å²) in [6.45, 7) is 3.48. The topological polar surface area (TPSA) is 46.2 Å². The highest BCUT2D eigenvalue weighted by Gasteiger charge is 2.29. The van der Waals surface area contributed by atoms with Gasteiger partial charge in [0.2, 0.25) is 10.0 Å². The molecule has 0 spiro atoms. The molecule has 0 aliphatic rings. The highest BCUT2D eigenvalue weighted by Crippen LogP contribution is 2.24. The molecule has 0 aliphatic heterocycles. The van der Waals surface area contributed by atoms with Gasteiger partial charge >= 0.3 is 0 Å². The van der Waals surface area contributed by atoms with Gasteiger partial charge in [-0.1, -0.05) is 18.5 Å². The molecule has 0 amide bonds. The lowest BCUT2D eigenvalue weighted by atomic mass is 10.0. The first kappa shape index (κ1) is 15.7. The van der Waals surface area contributed by atoms with Crippen LogP contribution in [-0.2, 0) is 10.0 Å². The number of hydrogen-bond donors (Lipinski definition) is 1. The number of halogens is 3. The maximum Gasteiger partial charge on any atom is 0.242 e. The molecule has 0 fully saturated rings. The van der Waals surface area contributed by atoms with E-state index in [9.17, 15) is 12.8 Å². The first-order chi connectivity index (χ1) is 8.24. The fraction of sp³-hybridized carbons (Fsp3) is 0.455. The summed E-state index contributed by atoms with van der Waals surface area (Å²) in [5.41, 5.74) is -0.796. The maximum atomic E-state index is 13.1. The molecule has 102 valence electrons. The van der Waals surface area contributed by atoms with Crippen molar-refractivity contribution in [3.63, 3.8) is 0 Å². The van der Waals surface area contributed by atoms with Crippen LogP contribution in [0.25, 0.3) is 0 Å². The molecule has 1 N–H and O–H groups in total. The predicted molar refractivity (Wildman–Crippen MR) is 71.1 cm³/mol. The van der Waals surface area contributed by atoms with Crippen molar-refractivity contribution in [2.75, 3.05) is 5.88 Å². The van der Waals surface area contributed by atoms with E-state index in [1.165, 1.54) is 6.07 Å². The van der Waals surface area contributed by atoms with Gasteiger partial charge in [-0.3, -0.25) is 0 Å². The Kier molecular flexibility index (Phi) is 5.00. The summed E-state index contributed by atoms with van der Waals surface area (Å²) >= 11 is 11.5. The molecule has 0 saturated carbocycles. The molecule has 0 heterocycles. The first-order valence-corrected chi connectivity index (χ1v) is 7.68. The number of benzene rings is 1. The van der Waals surface area contributed by atoms with Crippen molar-refractivity contribution in [3.05, 3.63) is 29.0 Å². The number of nitrogens with one attached hydrogen (secondary N) is 1. The quantitative estimate of drug-likeness (QED) is 0.849. The van der Waals surface area contributed by atoms with Gasteiger partial charge in [0.1, 0.15) is 10.7 Å². The molecule has 1 rings (SSSR count). The summed E-state index contributed by atoms with van der Waals surface area (Å²) in [6.07, 6.45) is 0.503. The fourth-order valence-corrected chi connectivity index (χ4v) is 3.58. The molecule has 0 aliphatic carbocycles. The average Bonchev–Trinajstić information content (AvgIpc) is 2.31. The van der Waals surface area contributed by atoms with E-state index in [-0.39, 0.29) is 15.8 Å². The maximum absolute atomic E-state index is 13.1. The number of rotatable bonds is 5. The highest BCUT2D eigenvalue weighted by atomic mass is 35.5. The zero-order valence-corrected chi connectivity index (χ0v) is 12.3. The second-order valence-electron chi connectivity index (χ2n) is 4.23. The molecule has 1 atom stereocenters. The van der Waals surface area contributed by atoms with Gasteiger partial charge < -0.3 is 0 Å². The summed E-state index contributed by atoms with van der Waals surface area (Å²) < 4.78 is 39.8. The van der Waals surface area contributed by atoms with Gasteiger partial charge in [0.05, 0.1) is 5.02 Å². The minimum Gasteiger partial charge on any atom is -0.207 e. The molecule has 0 radical (unpaired) electrons. The van der Waals surface area contributed by atoms with Crippen molar-refractivity contribution in [2.45, 2.75) is 30.7 Å². The van der Waals surface area contributed by atoms with E-state index in [0.29, 0.717) is 6.42 Å². The minimum absolute atomic E-state index is 0.0306. The van der Waals surface area contributed by atoms with E-state index in [0.717, 1.165) is 12.1 Å². The smallest absolute Gasteiger partial charge is 0.207 e. The fourth-order valence-electron chi connectivity index (χ4n) is 1.26. The van der Waals surface area contributed by atoms with Crippen molar-refractivity contribution in [3.8, 4) is 0 Å². The van der Waals surface area contributed by atoms with Gasteiger partial charge in [-0.05, 0) is 31.5 Å². The molecular formula is C11H14Cl2FNO2S. The molecule has 7 heteroatoms. The van der Waals surface area contributed by atoms with Crippen LogP contribution < -0.4 is 4.72 Å². The van der Waals surface area contributed by atoms with Crippen LogP contribution in [0.4, 0.5) is 4.39 Å². The molecular weight excluding hydrogens is 300 g/mol. The zero-order valence-electron chi connectivity index (χ0n) is 10.0. The second kappa shape index (κ2) is 5.74. The van der Waals surface area contributed by atoms with E-state index in [4.69, 9.17) is 23.2 Å². The zero-order chi connectivity index (χ0) is 14.0. The lowest BCUT2D eigenvalue weighted by Gasteiger charge is -2.26. The van der Waals surface area contributed by atoms with Crippen LogP contribution in [0.2, 0.25) is 5.02 Å². The largest absolute Gasteiger partial charge is 0.242 e. The Bertz CT molecular complexity index is 530. The Morgan fingerprint density at radius 1 is 1.44 bits per heavy atom. The van der Waals surface area contributed by atoms with Crippen LogP contribution in [0.3, 0.4) is 0 Å². The van der Waals surface area contributed by atoms with Gasteiger partial charge in [-0.15, -0.1) is 11.6 Å². The van der Waals surface area contributed by atoms with Crippen molar-refractivity contribution < 1.29 is 12.8 Å². The number of hydrogen-bond acceptors (Lipinski definition) is 2. The average molecular weight is 314 g/mol. The Morgan fingerprint density at radius 2 is 2.06 bits per heavy atom. The van der Waals surface area contributed by atoms with Crippen LogP contribution >= 0.6 is 23.2 Å². The third kappa shape index (κ3) is 3.57. The summed E-state index contributed by atoms with van der Waals surface area (Å²) in [7, 11) is -3.90. The van der Waals surface area contributed by atoms with Crippen molar-refractivity contribution in [1.82, 2.24) is 4.72 Å². The second-order valence-corrected chi connectivity index (χ2v) is 6.55. The van der Waals surface area contributed by atoms with Gasteiger partial charge in [-0.25, -0.2) is 17.5 Å². The lowest BCUT2D eigenvalue weighted by molar-refractivity contribution is 0.444. The van der Waals surface area contributed by atoms with E-state index in [2.05, 4.69) is 4.72 Å². The van der Waals surface area contributed by atoms with Gasteiger partial charge in [0.15, 0.2) is 0 Å². The van der Waals surface area contributed by atoms with Crippen LogP contribution in [0, 0.1) is 5.82 Å². The van der Waals surface area contributed by atoms with Gasteiger partial charge in [0.25, 0.3) is 0 Å². The highest BCUT2D eigenvalue weighted by molar-refractivity contribution is 7.89. The van der Waals surface area contributed by atoms with Crippen molar-refractivity contribution in [2.24, 2.45) is 0 Å². The molecule has 1 aromatic carbocycles. The summed E-state index contributed by atoms with van der Waals surface area (Å²) in [5, 5.41) is -0.0306. The van der Waals surface area contributed by atoms with E-state index < -0.39 is 21.4 Å². The van der Waals surface area contributed by atoms with E-state index in [1.807, 2.05) is 0 Å². The predicted octanol–water partition coefficient (Wildman–Crippen LogP) is 3.16. The Hall–Kier alpha value is -0.360. The van der Waals surface area contributed by atoms with Crippen LogP contribution in [0.1, 0.15) is 20.3 Å². The van der Waals surface area contributed by atoms with E-state index >= 15 is 0 Å². The Balaban J connectivity index is 3.18. The molecule has 0 saturated heterocycles. The van der Waals surface area contributed by atoms with Gasteiger partial charge in [-0.2, -0.15) is 0 Å². The van der Waals surface area contributed by atoms with Gasteiger partial charge in [0, 0.05) is 11.4 Å². The number of alkyl halides is 1. The lowest BCUT2D eigenvalue weighted by Crippen LogP contribution is -2.47. The molecule has 0 bridgehead atoms. The molecule has 0 aromatic heterocycles. The van der Waals surface area contributed by atoms with Crippen molar-refractivity contribution in [1.29, 1.82) is 0 Å². The van der Waals surface area contributed by atoms with Crippen molar-refractivity contribution >= 4 is 33.2 Å². The van der Waals surface area contributed by atoms with E-state index in [1.54, 1.807) is 13.8 Å². The van der Waals surface area contributed by atoms with Crippen LogP contribution in [0.5, 0.6) is 0 Å². The summed E-state index contributed by atoms with van der Waals surface area (Å²) in [5.74, 6) is -0.556. The Labute approximate surface area is 116 Å². The summed E-state index contributed by atoms with van der Waals surface area (Å²) in [4.78, 5) is -0.283. The SMILES string of the molecule is CCC(C)(CCl)NS(=O)(=O)c1cc(F)ccc1Cl. The summed E-state index contributed by atoms with van der Waals surface area (Å²) in [6, 6.07) is 3.19. The third-order valence-corrected chi connectivity index (χ3v) is 5.35. The Morgan fingerprint density at radius 3 is 2.56 bits per heavy atom. The minimum atomic E-state index is -3.90. The molecule has 1 aromatic rings.